The molecule has 1 aromatic carbocycles. The molecule has 0 radical (unpaired) electrons. The quantitative estimate of drug-likeness (QED) is 0.535. The Kier molecular flexibility index (Phi) is 4.62. The smallest absolute Gasteiger partial charge is 0.283 e. The monoisotopic (exact) mass is 356 g/mol. The predicted molar refractivity (Wildman–Crippen MR) is 95.6 cm³/mol. The third-order valence-electron chi connectivity index (χ3n) is 3.75. The molecule has 7 nitrogen and oxygen atoms in total. The molecule has 0 spiro atoms. The number of aromatic amines is 1. The molecule has 128 valence electrons. The number of carbonyl (C=O) groups is 1. The van der Waals surface area contributed by atoms with Crippen LogP contribution in [0.25, 0.3) is 11.3 Å². The van der Waals surface area contributed by atoms with Gasteiger partial charge in [-0.3, -0.25) is 14.9 Å². The normalized spacial score (nSPS) is 11.9. The van der Waals surface area contributed by atoms with E-state index in [0.29, 0.717) is 15.6 Å². The van der Waals surface area contributed by atoms with Crippen molar-refractivity contribution in [1.82, 2.24) is 15.3 Å². The fraction of sp³-hybridized carbons (Fsp3) is 0.176. The Labute approximate surface area is 147 Å². The number of H-pyrrole nitrogens is 1. The molecule has 2 aromatic heterocycles. The standard InChI is InChI=1S/C17H16N4O3S/c1-10(16-18-9-13(20-16)12-6-4-3-5-7-12)19-17(22)15-8-14(21(23)24)11(2)25-15/h3-10H,1-2H3,(H,18,20)(H,19,22). The molecule has 1 amide bonds. The number of carbonyl (C=O) groups excluding carboxylic acids is 1. The minimum atomic E-state index is -0.481. The lowest BCUT2D eigenvalue weighted by Gasteiger charge is -2.10. The molecular formula is C17H16N4O3S. The summed E-state index contributed by atoms with van der Waals surface area (Å²) in [7, 11) is 0. The first-order valence-corrected chi connectivity index (χ1v) is 8.43. The average Bonchev–Trinajstić information content (AvgIpc) is 3.22. The first-order valence-electron chi connectivity index (χ1n) is 7.61. The highest BCUT2D eigenvalue weighted by Crippen LogP contribution is 2.28. The number of hydrogen-bond donors (Lipinski definition) is 2. The van der Waals surface area contributed by atoms with Gasteiger partial charge in [-0.15, -0.1) is 11.3 Å². The van der Waals surface area contributed by atoms with Crippen molar-refractivity contribution < 1.29 is 9.72 Å². The van der Waals surface area contributed by atoms with Crippen LogP contribution in [0, 0.1) is 17.0 Å². The van der Waals surface area contributed by atoms with Crippen molar-refractivity contribution in [1.29, 1.82) is 0 Å². The first kappa shape index (κ1) is 16.8. The molecule has 0 bridgehead atoms. The third kappa shape index (κ3) is 3.58. The number of thiophene rings is 1. The molecular weight excluding hydrogens is 340 g/mol. The highest BCUT2D eigenvalue weighted by atomic mass is 32.1. The van der Waals surface area contributed by atoms with Crippen molar-refractivity contribution in [2.75, 3.05) is 0 Å². The lowest BCUT2D eigenvalue weighted by molar-refractivity contribution is -0.385. The van der Waals surface area contributed by atoms with E-state index >= 15 is 0 Å². The number of rotatable bonds is 5. The van der Waals surface area contributed by atoms with Crippen LogP contribution in [0.2, 0.25) is 0 Å². The van der Waals surface area contributed by atoms with Gasteiger partial charge in [-0.1, -0.05) is 30.3 Å². The van der Waals surface area contributed by atoms with E-state index in [9.17, 15) is 14.9 Å². The number of hydrogen-bond acceptors (Lipinski definition) is 5. The molecule has 1 unspecified atom stereocenters. The van der Waals surface area contributed by atoms with Crippen LogP contribution < -0.4 is 5.32 Å². The van der Waals surface area contributed by atoms with Crippen LogP contribution in [-0.2, 0) is 0 Å². The highest BCUT2D eigenvalue weighted by molar-refractivity contribution is 7.14. The topological polar surface area (TPSA) is 101 Å². The van der Waals surface area contributed by atoms with E-state index in [2.05, 4.69) is 15.3 Å². The van der Waals surface area contributed by atoms with Gasteiger partial charge in [0.25, 0.3) is 11.6 Å². The van der Waals surface area contributed by atoms with Gasteiger partial charge in [0.1, 0.15) is 5.82 Å². The van der Waals surface area contributed by atoms with Crippen LogP contribution in [0.4, 0.5) is 5.69 Å². The first-order chi connectivity index (χ1) is 12.0. The summed E-state index contributed by atoms with van der Waals surface area (Å²) in [5.41, 5.74) is 1.83. The number of aromatic nitrogens is 2. The number of nitro groups is 1. The second-order valence-electron chi connectivity index (χ2n) is 5.55. The van der Waals surface area contributed by atoms with Gasteiger partial charge in [0.15, 0.2) is 0 Å². The second kappa shape index (κ2) is 6.86. The van der Waals surface area contributed by atoms with Crippen LogP contribution in [0.1, 0.15) is 33.3 Å². The Hall–Kier alpha value is -3.00. The van der Waals surface area contributed by atoms with Crippen LogP contribution in [-0.4, -0.2) is 20.8 Å². The largest absolute Gasteiger partial charge is 0.342 e. The molecule has 1 atom stereocenters. The predicted octanol–water partition coefficient (Wildman–Crippen LogP) is 3.85. The lowest BCUT2D eigenvalue weighted by atomic mass is 10.2. The number of benzene rings is 1. The summed E-state index contributed by atoms with van der Waals surface area (Å²) in [6.07, 6.45) is 1.72. The van der Waals surface area contributed by atoms with E-state index in [1.807, 2.05) is 30.3 Å². The zero-order valence-electron chi connectivity index (χ0n) is 13.6. The zero-order chi connectivity index (χ0) is 18.0. The molecule has 0 aliphatic rings. The lowest BCUT2D eigenvalue weighted by Crippen LogP contribution is -2.26. The van der Waals surface area contributed by atoms with E-state index in [1.165, 1.54) is 6.07 Å². The van der Waals surface area contributed by atoms with E-state index in [0.717, 1.165) is 22.6 Å². The summed E-state index contributed by atoms with van der Waals surface area (Å²) in [5.74, 6) is 0.265. The number of nitrogens with one attached hydrogen (secondary N) is 2. The number of aryl methyl sites for hydroxylation is 1. The molecule has 0 saturated carbocycles. The second-order valence-corrected chi connectivity index (χ2v) is 6.81. The van der Waals surface area contributed by atoms with Gasteiger partial charge >= 0.3 is 0 Å². The average molecular weight is 356 g/mol. The van der Waals surface area contributed by atoms with E-state index in [-0.39, 0.29) is 17.6 Å². The summed E-state index contributed by atoms with van der Waals surface area (Å²) in [6.45, 7) is 3.43. The molecule has 0 aliphatic heterocycles. The van der Waals surface area contributed by atoms with Crippen LogP contribution in [0.5, 0.6) is 0 Å². The summed E-state index contributed by atoms with van der Waals surface area (Å²) in [5, 5.41) is 13.7. The van der Waals surface area contributed by atoms with E-state index in [1.54, 1.807) is 20.0 Å². The maximum absolute atomic E-state index is 12.3. The molecule has 3 aromatic rings. The number of amides is 1. The Bertz CT molecular complexity index is 917. The molecule has 3 rings (SSSR count). The van der Waals surface area contributed by atoms with Crippen LogP contribution in [0.3, 0.4) is 0 Å². The van der Waals surface area contributed by atoms with E-state index in [4.69, 9.17) is 0 Å². The van der Waals surface area contributed by atoms with Gasteiger partial charge in [0.2, 0.25) is 0 Å². The van der Waals surface area contributed by atoms with Crippen molar-refractivity contribution >= 4 is 22.9 Å². The SMILES string of the molecule is Cc1sc(C(=O)NC(C)c2ncc(-c3ccccc3)[nH]2)cc1[N+](=O)[O-]. The van der Waals surface area contributed by atoms with Gasteiger partial charge in [-0.25, -0.2) is 4.98 Å². The third-order valence-corrected chi connectivity index (χ3v) is 4.79. The van der Waals surface area contributed by atoms with E-state index < -0.39 is 4.92 Å². The number of imidazole rings is 1. The summed E-state index contributed by atoms with van der Waals surface area (Å²) >= 11 is 1.11. The minimum absolute atomic E-state index is 0.0350. The molecule has 0 saturated heterocycles. The van der Waals surface area contributed by atoms with Gasteiger partial charge in [-0.05, 0) is 19.4 Å². The van der Waals surface area contributed by atoms with Crippen molar-refractivity contribution in [2.24, 2.45) is 0 Å². The fourth-order valence-corrected chi connectivity index (χ4v) is 3.31. The Morgan fingerprint density at radius 3 is 2.72 bits per heavy atom. The Balaban J connectivity index is 1.73. The van der Waals surface area contributed by atoms with Crippen LogP contribution >= 0.6 is 11.3 Å². The Morgan fingerprint density at radius 2 is 2.08 bits per heavy atom. The maximum Gasteiger partial charge on any atom is 0.283 e. The summed E-state index contributed by atoms with van der Waals surface area (Å²) in [4.78, 5) is 31.1. The van der Waals surface area contributed by atoms with Gasteiger partial charge in [0.05, 0.1) is 32.6 Å². The van der Waals surface area contributed by atoms with Gasteiger partial charge in [0, 0.05) is 6.07 Å². The molecule has 0 aliphatic carbocycles. The molecule has 2 N–H and O–H groups in total. The minimum Gasteiger partial charge on any atom is -0.342 e. The summed E-state index contributed by atoms with van der Waals surface area (Å²) < 4.78 is 0. The maximum atomic E-state index is 12.3. The number of nitrogens with zero attached hydrogens (tertiary/aromatic N) is 2. The van der Waals surface area contributed by atoms with Crippen molar-refractivity contribution in [3.05, 3.63) is 68.3 Å². The Morgan fingerprint density at radius 1 is 1.36 bits per heavy atom. The van der Waals surface area contributed by atoms with Crippen molar-refractivity contribution in [3.8, 4) is 11.3 Å². The molecule has 25 heavy (non-hydrogen) atoms. The molecule has 2 heterocycles. The molecule has 8 heteroatoms. The van der Waals surface area contributed by atoms with Crippen LogP contribution in [0.15, 0.2) is 42.6 Å². The van der Waals surface area contributed by atoms with Crippen molar-refractivity contribution in [3.63, 3.8) is 0 Å². The van der Waals surface area contributed by atoms with Crippen molar-refractivity contribution in [2.45, 2.75) is 19.9 Å². The van der Waals surface area contributed by atoms with Gasteiger partial charge in [-0.2, -0.15) is 0 Å². The molecule has 0 fully saturated rings. The highest BCUT2D eigenvalue weighted by Gasteiger charge is 2.21. The zero-order valence-corrected chi connectivity index (χ0v) is 14.5. The fourth-order valence-electron chi connectivity index (χ4n) is 2.42. The summed E-state index contributed by atoms with van der Waals surface area (Å²) in [6, 6.07) is 10.7. The van der Waals surface area contributed by atoms with Gasteiger partial charge < -0.3 is 10.3 Å².